The summed E-state index contributed by atoms with van der Waals surface area (Å²) in [5.41, 5.74) is 0. The SMILES string of the molecule is BOC(=O)CCC(=O)N(CCSSc1ccccn1)CCSSc1ccccn1. The average molecular weight is 467 g/mol. The zero-order valence-corrected chi connectivity index (χ0v) is 19.3. The second kappa shape index (κ2) is 14.7. The normalized spacial score (nSPS) is 10.5. The monoisotopic (exact) mass is 467 g/mol. The molecule has 0 N–H and O–H groups in total. The van der Waals surface area contributed by atoms with E-state index >= 15 is 0 Å². The average Bonchev–Trinajstić information content (AvgIpc) is 2.77. The molecular weight excluding hydrogens is 445 g/mol. The highest BCUT2D eigenvalue weighted by atomic mass is 33.1. The molecule has 0 atom stereocenters. The van der Waals surface area contributed by atoms with Crippen LogP contribution in [0.4, 0.5) is 0 Å². The van der Waals surface area contributed by atoms with Gasteiger partial charge in [-0.25, -0.2) is 9.97 Å². The summed E-state index contributed by atoms with van der Waals surface area (Å²) in [6, 6.07) is 11.6. The summed E-state index contributed by atoms with van der Waals surface area (Å²) in [5.74, 6) is 1.17. The molecule has 2 rings (SSSR count). The minimum absolute atomic E-state index is 0.0257. The highest BCUT2D eigenvalue weighted by Crippen LogP contribution is 2.30. The summed E-state index contributed by atoms with van der Waals surface area (Å²) in [5, 5.41) is 1.90. The van der Waals surface area contributed by atoms with Crippen LogP contribution in [0.2, 0.25) is 0 Å². The molecule has 0 aliphatic heterocycles. The van der Waals surface area contributed by atoms with Crippen LogP contribution in [0.25, 0.3) is 0 Å². The molecular formula is C18H22BN3O3S4. The van der Waals surface area contributed by atoms with Crippen LogP contribution in [0, 0.1) is 0 Å². The van der Waals surface area contributed by atoms with Crippen LogP contribution in [-0.4, -0.2) is 59.4 Å². The van der Waals surface area contributed by atoms with Gasteiger partial charge in [-0.05, 0) is 45.9 Å². The van der Waals surface area contributed by atoms with Gasteiger partial charge in [-0.2, -0.15) is 0 Å². The lowest BCUT2D eigenvalue weighted by atomic mass is 10.2. The Morgan fingerprint density at radius 1 is 0.897 bits per heavy atom. The molecule has 11 heteroatoms. The maximum atomic E-state index is 12.6. The molecule has 0 bridgehead atoms. The van der Waals surface area contributed by atoms with Crippen molar-refractivity contribution in [1.29, 1.82) is 0 Å². The topological polar surface area (TPSA) is 72.4 Å². The summed E-state index contributed by atoms with van der Waals surface area (Å²) in [4.78, 5) is 34.3. The van der Waals surface area contributed by atoms with E-state index in [4.69, 9.17) is 0 Å². The standard InChI is InChI=1S/C18H22BN3O3S4/c19-25-18(24)8-7-17(23)22(11-13-26-28-15-5-1-3-9-20-15)12-14-27-29-16-6-2-4-10-21-16/h1-6,9-10H,7-8,11-14,19H2. The Bertz CT molecular complexity index is 696. The van der Waals surface area contributed by atoms with Crippen LogP contribution in [0.15, 0.2) is 58.8 Å². The van der Waals surface area contributed by atoms with Crippen molar-refractivity contribution in [3.05, 3.63) is 48.8 Å². The van der Waals surface area contributed by atoms with Crippen molar-refractivity contribution in [3.8, 4) is 0 Å². The van der Waals surface area contributed by atoms with Crippen LogP contribution in [-0.2, 0) is 14.2 Å². The number of pyridine rings is 2. The molecule has 0 aliphatic rings. The minimum Gasteiger partial charge on any atom is -0.543 e. The molecule has 0 fully saturated rings. The Hall–Kier alpha value is -1.30. The molecule has 0 unspecified atom stereocenters. The van der Waals surface area contributed by atoms with E-state index < -0.39 is 0 Å². The number of amides is 1. The smallest absolute Gasteiger partial charge is 0.325 e. The van der Waals surface area contributed by atoms with Crippen LogP contribution in [0.1, 0.15) is 12.8 Å². The third-order valence-corrected chi connectivity index (χ3v) is 8.07. The summed E-state index contributed by atoms with van der Waals surface area (Å²) in [7, 11) is 7.86. The zero-order chi connectivity index (χ0) is 20.7. The van der Waals surface area contributed by atoms with Crippen LogP contribution >= 0.6 is 43.2 Å². The fraction of sp³-hybridized carbons (Fsp3) is 0.333. The summed E-state index contributed by atoms with van der Waals surface area (Å²) in [6.45, 7) is 1.25. The van der Waals surface area contributed by atoms with E-state index in [0.717, 1.165) is 21.6 Å². The summed E-state index contributed by atoms with van der Waals surface area (Å²) < 4.78 is 4.64. The van der Waals surface area contributed by atoms with E-state index in [1.54, 1.807) is 55.6 Å². The van der Waals surface area contributed by atoms with Crippen LogP contribution in [0.3, 0.4) is 0 Å². The molecule has 6 nitrogen and oxygen atoms in total. The van der Waals surface area contributed by atoms with E-state index in [9.17, 15) is 9.59 Å². The van der Waals surface area contributed by atoms with Gasteiger partial charge in [-0.1, -0.05) is 33.7 Å². The first-order chi connectivity index (χ1) is 14.2. The van der Waals surface area contributed by atoms with Gasteiger partial charge in [0.25, 0.3) is 5.97 Å². The van der Waals surface area contributed by atoms with Crippen molar-refractivity contribution in [2.45, 2.75) is 22.9 Å². The molecule has 0 saturated heterocycles. The first-order valence-corrected chi connectivity index (χ1v) is 13.6. The lowest BCUT2D eigenvalue weighted by Gasteiger charge is -2.22. The second-order valence-corrected chi connectivity index (χ2v) is 10.5. The van der Waals surface area contributed by atoms with Gasteiger partial charge in [-0.3, -0.25) is 9.59 Å². The predicted molar refractivity (Wildman–Crippen MR) is 126 cm³/mol. The van der Waals surface area contributed by atoms with Gasteiger partial charge in [-0.15, -0.1) is 0 Å². The molecule has 0 spiro atoms. The van der Waals surface area contributed by atoms with Gasteiger partial charge >= 0.3 is 8.05 Å². The molecule has 0 saturated carbocycles. The largest absolute Gasteiger partial charge is 0.543 e. The molecule has 2 aromatic heterocycles. The van der Waals surface area contributed by atoms with Crippen molar-refractivity contribution in [2.75, 3.05) is 24.6 Å². The molecule has 0 aliphatic carbocycles. The molecule has 0 radical (unpaired) electrons. The lowest BCUT2D eigenvalue weighted by molar-refractivity contribution is -0.138. The third-order valence-electron chi connectivity index (χ3n) is 3.58. The second-order valence-electron chi connectivity index (χ2n) is 5.60. The van der Waals surface area contributed by atoms with E-state index in [0.29, 0.717) is 13.1 Å². The number of carbonyl (C=O) groups is 2. The molecule has 29 heavy (non-hydrogen) atoms. The first kappa shape index (κ1) is 24.0. The molecule has 1 amide bonds. The Balaban J connectivity index is 1.76. The quantitative estimate of drug-likeness (QED) is 0.251. The Morgan fingerprint density at radius 2 is 1.45 bits per heavy atom. The number of hydrogen-bond donors (Lipinski definition) is 0. The van der Waals surface area contributed by atoms with Gasteiger partial charge < -0.3 is 9.55 Å². The highest BCUT2D eigenvalue weighted by Gasteiger charge is 2.15. The maximum absolute atomic E-state index is 12.6. The summed E-state index contributed by atoms with van der Waals surface area (Å²) >= 11 is 0. The van der Waals surface area contributed by atoms with Crippen molar-refractivity contribution in [2.24, 2.45) is 0 Å². The molecule has 0 aromatic carbocycles. The number of nitrogens with zero attached hydrogens (tertiary/aromatic N) is 3. The van der Waals surface area contributed by atoms with Crippen LogP contribution in [0.5, 0.6) is 0 Å². The maximum Gasteiger partial charge on any atom is 0.325 e. The fourth-order valence-electron chi connectivity index (χ4n) is 2.12. The van der Waals surface area contributed by atoms with Crippen molar-refractivity contribution in [3.63, 3.8) is 0 Å². The number of rotatable bonds is 13. The molecule has 2 aromatic rings. The van der Waals surface area contributed by atoms with E-state index in [-0.39, 0.29) is 24.7 Å². The lowest BCUT2D eigenvalue weighted by Crippen LogP contribution is -2.35. The zero-order valence-electron chi connectivity index (χ0n) is 16.1. The number of hydrogen-bond acceptors (Lipinski definition) is 9. The van der Waals surface area contributed by atoms with Gasteiger partial charge in [0.1, 0.15) is 10.1 Å². The van der Waals surface area contributed by atoms with Crippen molar-refractivity contribution < 1.29 is 14.2 Å². The van der Waals surface area contributed by atoms with Gasteiger partial charge in [0, 0.05) is 43.4 Å². The molecule has 154 valence electrons. The van der Waals surface area contributed by atoms with E-state index in [1.807, 2.05) is 41.3 Å². The minimum atomic E-state index is -0.363. The molecule has 2 heterocycles. The van der Waals surface area contributed by atoms with E-state index in [1.165, 1.54) is 8.05 Å². The number of aromatic nitrogens is 2. The highest BCUT2D eigenvalue weighted by molar-refractivity contribution is 8.77. The number of carbonyl (C=O) groups excluding carboxylic acids is 2. The predicted octanol–water partition coefficient (Wildman–Crippen LogP) is 3.36. The van der Waals surface area contributed by atoms with Crippen LogP contribution < -0.4 is 0 Å². The Kier molecular flexibility index (Phi) is 12.1. The van der Waals surface area contributed by atoms with Gasteiger partial charge in [0.05, 0.1) is 6.42 Å². The van der Waals surface area contributed by atoms with Gasteiger partial charge in [0.2, 0.25) is 5.91 Å². The fourth-order valence-corrected chi connectivity index (χ4v) is 5.86. The van der Waals surface area contributed by atoms with Gasteiger partial charge in [0.15, 0.2) is 0 Å². The Morgan fingerprint density at radius 3 is 1.90 bits per heavy atom. The summed E-state index contributed by atoms with van der Waals surface area (Å²) in [6.07, 6.45) is 3.81. The van der Waals surface area contributed by atoms with Crippen molar-refractivity contribution >= 4 is 63.1 Å². The first-order valence-electron chi connectivity index (χ1n) is 8.94. The van der Waals surface area contributed by atoms with E-state index in [2.05, 4.69) is 14.6 Å². The third kappa shape index (κ3) is 10.3. The van der Waals surface area contributed by atoms with Crippen molar-refractivity contribution in [1.82, 2.24) is 14.9 Å². The Labute approximate surface area is 188 Å².